The van der Waals surface area contributed by atoms with Crippen molar-refractivity contribution in [3.8, 4) is 0 Å². The van der Waals surface area contributed by atoms with Crippen molar-refractivity contribution < 1.29 is 9.53 Å². The van der Waals surface area contributed by atoms with Crippen LogP contribution in [-0.4, -0.2) is 24.7 Å². The van der Waals surface area contributed by atoms with E-state index in [2.05, 4.69) is 4.90 Å². The summed E-state index contributed by atoms with van der Waals surface area (Å²) in [5, 5.41) is 0. The molecular formula is C16H24N2O2. The fourth-order valence-corrected chi connectivity index (χ4v) is 2.52. The number of rotatable bonds is 2. The Labute approximate surface area is 120 Å². The number of nitrogen functional groups attached to an aromatic ring is 1. The third-order valence-electron chi connectivity index (χ3n) is 3.51. The van der Waals surface area contributed by atoms with E-state index in [1.54, 1.807) is 0 Å². The molecule has 1 heterocycles. The molecule has 0 aromatic heterocycles. The van der Waals surface area contributed by atoms with Crippen molar-refractivity contribution >= 4 is 17.3 Å². The van der Waals surface area contributed by atoms with Gasteiger partial charge < -0.3 is 15.4 Å². The second-order valence-corrected chi connectivity index (χ2v) is 6.35. The highest BCUT2D eigenvalue weighted by atomic mass is 16.6. The number of benzene rings is 1. The van der Waals surface area contributed by atoms with Crippen LogP contribution >= 0.6 is 0 Å². The number of hydrogen-bond donors (Lipinski definition) is 1. The van der Waals surface area contributed by atoms with Crippen molar-refractivity contribution in [1.82, 2.24) is 0 Å². The van der Waals surface area contributed by atoms with Crippen LogP contribution in [0.5, 0.6) is 0 Å². The van der Waals surface area contributed by atoms with E-state index in [1.165, 1.54) is 0 Å². The molecule has 2 rings (SSSR count). The summed E-state index contributed by atoms with van der Waals surface area (Å²) >= 11 is 0. The van der Waals surface area contributed by atoms with Crippen LogP contribution in [0.15, 0.2) is 24.3 Å². The molecule has 0 radical (unpaired) electrons. The standard InChI is InChI=1S/C16H24N2O2/c1-16(2,3)20-15(19)12-8-10-18(11-9-12)14-7-5-4-6-13(14)17/h4-7,12H,8-11,17H2,1-3H3. The fourth-order valence-electron chi connectivity index (χ4n) is 2.52. The summed E-state index contributed by atoms with van der Waals surface area (Å²) < 4.78 is 5.46. The Balaban J connectivity index is 1.93. The first-order valence-corrected chi connectivity index (χ1v) is 7.19. The summed E-state index contributed by atoms with van der Waals surface area (Å²) in [6, 6.07) is 7.87. The molecule has 1 aliphatic rings. The largest absolute Gasteiger partial charge is 0.460 e. The van der Waals surface area contributed by atoms with E-state index in [1.807, 2.05) is 45.0 Å². The van der Waals surface area contributed by atoms with E-state index in [0.29, 0.717) is 0 Å². The molecule has 0 amide bonds. The molecule has 0 bridgehead atoms. The first kappa shape index (κ1) is 14.7. The van der Waals surface area contributed by atoms with Crippen molar-refractivity contribution in [2.45, 2.75) is 39.2 Å². The van der Waals surface area contributed by atoms with Gasteiger partial charge in [-0.15, -0.1) is 0 Å². The van der Waals surface area contributed by atoms with Gasteiger partial charge in [0, 0.05) is 13.1 Å². The minimum atomic E-state index is -0.405. The van der Waals surface area contributed by atoms with Crippen molar-refractivity contribution in [2.24, 2.45) is 5.92 Å². The first-order chi connectivity index (χ1) is 9.37. The van der Waals surface area contributed by atoms with Crippen molar-refractivity contribution in [3.63, 3.8) is 0 Å². The average molecular weight is 276 g/mol. The highest BCUT2D eigenvalue weighted by Crippen LogP contribution is 2.28. The lowest BCUT2D eigenvalue weighted by atomic mass is 9.96. The zero-order chi connectivity index (χ0) is 14.8. The molecule has 110 valence electrons. The molecule has 1 saturated heterocycles. The topological polar surface area (TPSA) is 55.6 Å². The van der Waals surface area contributed by atoms with E-state index < -0.39 is 5.60 Å². The number of piperidine rings is 1. The average Bonchev–Trinajstić information content (AvgIpc) is 2.37. The zero-order valence-corrected chi connectivity index (χ0v) is 12.6. The van der Waals surface area contributed by atoms with Crippen molar-refractivity contribution in [1.29, 1.82) is 0 Å². The van der Waals surface area contributed by atoms with Crippen LogP contribution in [0.4, 0.5) is 11.4 Å². The van der Waals surface area contributed by atoms with Gasteiger partial charge in [-0.2, -0.15) is 0 Å². The van der Waals surface area contributed by atoms with E-state index in [-0.39, 0.29) is 11.9 Å². The maximum Gasteiger partial charge on any atom is 0.309 e. The summed E-state index contributed by atoms with van der Waals surface area (Å²) in [5.41, 5.74) is 7.45. The van der Waals surface area contributed by atoms with Crippen molar-refractivity contribution in [2.75, 3.05) is 23.7 Å². The molecule has 1 aliphatic heterocycles. The number of anilines is 2. The second-order valence-electron chi connectivity index (χ2n) is 6.35. The van der Waals surface area contributed by atoms with Crippen LogP contribution in [-0.2, 0) is 9.53 Å². The molecular weight excluding hydrogens is 252 g/mol. The third kappa shape index (κ3) is 3.65. The summed E-state index contributed by atoms with van der Waals surface area (Å²) in [7, 11) is 0. The Bertz CT molecular complexity index is 472. The molecule has 1 aromatic carbocycles. The van der Waals surface area contributed by atoms with Gasteiger partial charge in [-0.3, -0.25) is 4.79 Å². The normalized spacial score (nSPS) is 17.1. The quantitative estimate of drug-likeness (QED) is 0.666. The maximum atomic E-state index is 12.1. The Morgan fingerprint density at radius 1 is 1.25 bits per heavy atom. The van der Waals surface area contributed by atoms with Gasteiger partial charge in [0.15, 0.2) is 0 Å². The van der Waals surface area contributed by atoms with Gasteiger partial charge in [0.05, 0.1) is 17.3 Å². The van der Waals surface area contributed by atoms with Crippen LogP contribution in [0.25, 0.3) is 0 Å². The molecule has 1 fully saturated rings. The lowest BCUT2D eigenvalue weighted by Crippen LogP contribution is -2.39. The predicted octanol–water partition coefficient (Wildman–Crippen LogP) is 2.83. The summed E-state index contributed by atoms with van der Waals surface area (Å²) in [6.07, 6.45) is 1.65. The number of para-hydroxylation sites is 2. The minimum Gasteiger partial charge on any atom is -0.460 e. The Kier molecular flexibility index (Phi) is 4.21. The summed E-state index contributed by atoms with van der Waals surface area (Å²) in [5.74, 6) is -0.0615. The molecule has 4 nitrogen and oxygen atoms in total. The molecule has 20 heavy (non-hydrogen) atoms. The minimum absolute atomic E-state index is 0.00964. The van der Waals surface area contributed by atoms with E-state index in [4.69, 9.17) is 10.5 Å². The molecule has 0 unspecified atom stereocenters. The zero-order valence-electron chi connectivity index (χ0n) is 12.6. The fraction of sp³-hybridized carbons (Fsp3) is 0.562. The van der Waals surface area contributed by atoms with Crippen LogP contribution in [0.1, 0.15) is 33.6 Å². The molecule has 0 spiro atoms. The Morgan fingerprint density at radius 2 is 1.85 bits per heavy atom. The monoisotopic (exact) mass is 276 g/mol. The Morgan fingerprint density at radius 3 is 2.40 bits per heavy atom. The van der Waals surface area contributed by atoms with Gasteiger partial charge >= 0.3 is 5.97 Å². The maximum absolute atomic E-state index is 12.1. The van der Waals surface area contributed by atoms with E-state index >= 15 is 0 Å². The Hall–Kier alpha value is -1.71. The number of nitrogens with zero attached hydrogens (tertiary/aromatic N) is 1. The lowest BCUT2D eigenvalue weighted by Gasteiger charge is -2.34. The summed E-state index contributed by atoms with van der Waals surface area (Å²) in [4.78, 5) is 14.3. The van der Waals surface area contributed by atoms with Gasteiger partial charge in [0.1, 0.15) is 5.60 Å². The number of esters is 1. The van der Waals surface area contributed by atoms with E-state index in [9.17, 15) is 4.79 Å². The number of carbonyl (C=O) groups excluding carboxylic acids is 1. The molecule has 0 atom stereocenters. The van der Waals surface area contributed by atoms with Crippen LogP contribution in [0.2, 0.25) is 0 Å². The van der Waals surface area contributed by atoms with Gasteiger partial charge in [-0.05, 0) is 45.7 Å². The van der Waals surface area contributed by atoms with E-state index in [0.717, 1.165) is 37.3 Å². The van der Waals surface area contributed by atoms with Gasteiger partial charge in [0.25, 0.3) is 0 Å². The van der Waals surface area contributed by atoms with Crippen LogP contribution in [0, 0.1) is 5.92 Å². The molecule has 1 aromatic rings. The number of carbonyl (C=O) groups is 1. The molecule has 0 saturated carbocycles. The number of nitrogens with two attached hydrogens (primary N) is 1. The van der Waals surface area contributed by atoms with Crippen LogP contribution in [0.3, 0.4) is 0 Å². The molecule has 4 heteroatoms. The first-order valence-electron chi connectivity index (χ1n) is 7.19. The van der Waals surface area contributed by atoms with Gasteiger partial charge in [0.2, 0.25) is 0 Å². The van der Waals surface area contributed by atoms with Gasteiger partial charge in [-0.1, -0.05) is 12.1 Å². The highest BCUT2D eigenvalue weighted by molar-refractivity contribution is 5.74. The highest BCUT2D eigenvalue weighted by Gasteiger charge is 2.29. The number of hydrogen-bond acceptors (Lipinski definition) is 4. The van der Waals surface area contributed by atoms with Crippen molar-refractivity contribution in [3.05, 3.63) is 24.3 Å². The smallest absolute Gasteiger partial charge is 0.309 e. The molecule has 0 aliphatic carbocycles. The second kappa shape index (κ2) is 5.73. The summed E-state index contributed by atoms with van der Waals surface area (Å²) in [6.45, 7) is 7.41. The lowest BCUT2D eigenvalue weighted by molar-refractivity contribution is -0.160. The predicted molar refractivity (Wildman–Crippen MR) is 81.6 cm³/mol. The SMILES string of the molecule is CC(C)(C)OC(=O)C1CCN(c2ccccc2N)CC1. The van der Waals surface area contributed by atoms with Gasteiger partial charge in [-0.25, -0.2) is 0 Å². The van der Waals surface area contributed by atoms with Crippen LogP contribution < -0.4 is 10.6 Å². The number of ether oxygens (including phenoxy) is 1. The molecule has 2 N–H and O–H groups in total. The third-order valence-corrected chi connectivity index (χ3v) is 3.51.